The third-order valence-corrected chi connectivity index (χ3v) is 3.64. The van der Waals surface area contributed by atoms with Crippen LogP contribution in [0.25, 0.3) is 0 Å². The Bertz CT molecular complexity index is 519. The number of sulfonamides is 1. The lowest BCUT2D eigenvalue weighted by molar-refractivity contribution is 0.189. The molecule has 0 aromatic heterocycles. The van der Waals surface area contributed by atoms with Crippen molar-refractivity contribution >= 4 is 10.0 Å². The molecule has 1 N–H and O–H groups in total. The van der Waals surface area contributed by atoms with Gasteiger partial charge in [0, 0.05) is 7.11 Å². The number of rotatable bonds is 6. The third-order valence-electron chi connectivity index (χ3n) is 2.16. The van der Waals surface area contributed by atoms with Crippen molar-refractivity contribution in [1.82, 2.24) is 4.72 Å². The fourth-order valence-corrected chi connectivity index (χ4v) is 2.40. The van der Waals surface area contributed by atoms with Crippen LogP contribution in [0.1, 0.15) is 0 Å². The van der Waals surface area contributed by atoms with Crippen LogP contribution in [-0.2, 0) is 14.8 Å². The van der Waals surface area contributed by atoms with E-state index in [1.807, 2.05) is 6.07 Å². The molecule has 0 aliphatic heterocycles. The van der Waals surface area contributed by atoms with Crippen molar-refractivity contribution < 1.29 is 17.9 Å². The summed E-state index contributed by atoms with van der Waals surface area (Å²) in [6.45, 7) is -0.00805. The topological polar surface area (TPSA) is 88.4 Å². The Morgan fingerprint density at radius 1 is 1.33 bits per heavy atom. The van der Waals surface area contributed by atoms with Crippen LogP contribution in [0.3, 0.4) is 0 Å². The van der Waals surface area contributed by atoms with Crippen molar-refractivity contribution in [3.05, 3.63) is 24.3 Å². The highest BCUT2D eigenvalue weighted by Gasteiger charge is 2.19. The average molecular weight is 270 g/mol. The van der Waals surface area contributed by atoms with Gasteiger partial charge in [0.15, 0.2) is 0 Å². The summed E-state index contributed by atoms with van der Waals surface area (Å²) in [5.41, 5.74) is 0. The van der Waals surface area contributed by atoms with E-state index in [1.165, 1.54) is 38.5 Å². The minimum absolute atomic E-state index is 0.00805. The van der Waals surface area contributed by atoms with E-state index in [-0.39, 0.29) is 11.5 Å². The number of nitriles is 1. The summed E-state index contributed by atoms with van der Waals surface area (Å²) in [5, 5.41) is 8.77. The molecule has 6 nitrogen and oxygen atoms in total. The molecule has 0 bridgehead atoms. The highest BCUT2D eigenvalue weighted by molar-refractivity contribution is 7.89. The molecule has 0 saturated carbocycles. The fraction of sp³-hybridized carbons (Fsp3) is 0.364. The molecule has 0 saturated heterocycles. The van der Waals surface area contributed by atoms with Gasteiger partial charge in [-0.1, -0.05) is 0 Å². The van der Waals surface area contributed by atoms with Crippen LogP contribution in [0.15, 0.2) is 29.2 Å². The minimum atomic E-state index is -3.73. The summed E-state index contributed by atoms with van der Waals surface area (Å²) in [5.74, 6) is 0.558. The summed E-state index contributed by atoms with van der Waals surface area (Å²) >= 11 is 0. The van der Waals surface area contributed by atoms with Crippen molar-refractivity contribution in [2.24, 2.45) is 0 Å². The SMILES string of the molecule is COCC(C#N)NS(=O)(=O)c1ccc(OC)cc1. The van der Waals surface area contributed by atoms with Crippen LogP contribution in [-0.4, -0.2) is 35.3 Å². The second-order valence-electron chi connectivity index (χ2n) is 3.43. The van der Waals surface area contributed by atoms with E-state index in [9.17, 15) is 8.42 Å². The highest BCUT2D eigenvalue weighted by Crippen LogP contribution is 2.15. The first-order valence-corrected chi connectivity index (χ1v) is 6.56. The maximum atomic E-state index is 11.9. The van der Waals surface area contributed by atoms with Gasteiger partial charge in [-0.3, -0.25) is 0 Å². The van der Waals surface area contributed by atoms with Crippen LogP contribution in [0.4, 0.5) is 0 Å². The van der Waals surface area contributed by atoms with Gasteiger partial charge in [-0.15, -0.1) is 0 Å². The number of benzene rings is 1. The molecule has 0 fully saturated rings. The van der Waals surface area contributed by atoms with Crippen LogP contribution >= 0.6 is 0 Å². The maximum Gasteiger partial charge on any atom is 0.241 e. The number of hydrogen-bond acceptors (Lipinski definition) is 5. The molecule has 0 heterocycles. The first kappa shape index (κ1) is 14.4. The van der Waals surface area contributed by atoms with Crippen LogP contribution < -0.4 is 9.46 Å². The Morgan fingerprint density at radius 3 is 2.39 bits per heavy atom. The molecule has 7 heteroatoms. The predicted octanol–water partition coefficient (Wildman–Crippen LogP) is 0.512. The van der Waals surface area contributed by atoms with Gasteiger partial charge in [0.2, 0.25) is 10.0 Å². The summed E-state index contributed by atoms with van der Waals surface area (Å²) in [7, 11) is -0.840. The van der Waals surface area contributed by atoms with Gasteiger partial charge in [0.05, 0.1) is 24.7 Å². The van der Waals surface area contributed by atoms with E-state index in [2.05, 4.69) is 4.72 Å². The van der Waals surface area contributed by atoms with Crippen molar-refractivity contribution in [2.75, 3.05) is 20.8 Å². The molecular formula is C11H14N2O4S. The predicted molar refractivity (Wildman–Crippen MR) is 64.6 cm³/mol. The van der Waals surface area contributed by atoms with Gasteiger partial charge in [0.25, 0.3) is 0 Å². The summed E-state index contributed by atoms with van der Waals surface area (Å²) in [6, 6.07) is 6.78. The zero-order valence-electron chi connectivity index (χ0n) is 10.1. The lowest BCUT2D eigenvalue weighted by atomic mass is 10.3. The van der Waals surface area contributed by atoms with Crippen molar-refractivity contribution in [3.8, 4) is 11.8 Å². The Labute approximate surface area is 106 Å². The zero-order chi connectivity index (χ0) is 13.6. The lowest BCUT2D eigenvalue weighted by Gasteiger charge is -2.11. The second-order valence-corrected chi connectivity index (χ2v) is 5.15. The first-order valence-electron chi connectivity index (χ1n) is 5.08. The molecule has 1 atom stereocenters. The second kappa shape index (κ2) is 6.35. The Hall–Kier alpha value is -1.62. The van der Waals surface area contributed by atoms with E-state index in [4.69, 9.17) is 14.7 Å². The third kappa shape index (κ3) is 3.70. The molecule has 0 aliphatic rings. The largest absolute Gasteiger partial charge is 0.497 e. The monoisotopic (exact) mass is 270 g/mol. The van der Waals surface area contributed by atoms with Gasteiger partial charge in [-0.25, -0.2) is 8.42 Å². The van der Waals surface area contributed by atoms with Gasteiger partial charge in [0.1, 0.15) is 11.8 Å². The first-order chi connectivity index (χ1) is 8.53. The summed E-state index contributed by atoms with van der Waals surface area (Å²) in [6.07, 6.45) is 0. The van der Waals surface area contributed by atoms with E-state index in [0.29, 0.717) is 5.75 Å². The number of hydrogen-bond donors (Lipinski definition) is 1. The Kier molecular flexibility index (Phi) is 5.09. The Balaban J connectivity index is 2.88. The number of nitrogens with one attached hydrogen (secondary N) is 1. The van der Waals surface area contributed by atoms with Crippen molar-refractivity contribution in [1.29, 1.82) is 5.26 Å². The standard InChI is InChI=1S/C11H14N2O4S/c1-16-8-9(7-12)13-18(14,15)11-5-3-10(17-2)4-6-11/h3-6,9,13H,8H2,1-2H3. The molecule has 98 valence electrons. The highest BCUT2D eigenvalue weighted by atomic mass is 32.2. The lowest BCUT2D eigenvalue weighted by Crippen LogP contribution is -2.36. The van der Waals surface area contributed by atoms with Gasteiger partial charge in [-0.05, 0) is 24.3 Å². The number of ether oxygens (including phenoxy) is 2. The van der Waals surface area contributed by atoms with Gasteiger partial charge < -0.3 is 9.47 Å². The van der Waals surface area contributed by atoms with Crippen molar-refractivity contribution in [3.63, 3.8) is 0 Å². The van der Waals surface area contributed by atoms with E-state index in [0.717, 1.165) is 0 Å². The molecule has 1 aromatic carbocycles. The smallest absolute Gasteiger partial charge is 0.241 e. The average Bonchev–Trinajstić information content (AvgIpc) is 2.38. The van der Waals surface area contributed by atoms with E-state index >= 15 is 0 Å². The van der Waals surface area contributed by atoms with E-state index in [1.54, 1.807) is 0 Å². The van der Waals surface area contributed by atoms with Crippen LogP contribution in [0, 0.1) is 11.3 Å². The number of methoxy groups -OCH3 is 2. The van der Waals surface area contributed by atoms with Gasteiger partial charge in [-0.2, -0.15) is 9.98 Å². The van der Waals surface area contributed by atoms with Gasteiger partial charge >= 0.3 is 0 Å². The molecule has 1 unspecified atom stereocenters. The molecule has 18 heavy (non-hydrogen) atoms. The fourth-order valence-electron chi connectivity index (χ4n) is 1.27. The molecule has 0 spiro atoms. The molecule has 0 amide bonds. The zero-order valence-corrected chi connectivity index (χ0v) is 10.9. The molecular weight excluding hydrogens is 256 g/mol. The quantitative estimate of drug-likeness (QED) is 0.813. The van der Waals surface area contributed by atoms with E-state index < -0.39 is 16.1 Å². The molecule has 1 aromatic rings. The van der Waals surface area contributed by atoms with Crippen molar-refractivity contribution in [2.45, 2.75) is 10.9 Å². The summed E-state index contributed by atoms with van der Waals surface area (Å²) < 4.78 is 35.8. The van der Waals surface area contributed by atoms with Crippen LogP contribution in [0.5, 0.6) is 5.75 Å². The number of nitrogens with zero attached hydrogens (tertiary/aromatic N) is 1. The molecule has 0 radical (unpaired) electrons. The Morgan fingerprint density at radius 2 is 1.94 bits per heavy atom. The van der Waals surface area contributed by atoms with Crippen LogP contribution in [0.2, 0.25) is 0 Å². The molecule has 0 aliphatic carbocycles. The molecule has 1 rings (SSSR count). The normalized spacial score (nSPS) is 12.7. The minimum Gasteiger partial charge on any atom is -0.497 e. The maximum absolute atomic E-state index is 11.9. The summed E-state index contributed by atoms with van der Waals surface area (Å²) in [4.78, 5) is 0.0691.